The molecule has 30 heavy (non-hydrogen) atoms. The van der Waals surface area contributed by atoms with Crippen molar-refractivity contribution in [3.8, 4) is 5.75 Å². The minimum Gasteiger partial charge on any atom is -0.482 e. The lowest BCUT2D eigenvalue weighted by molar-refractivity contribution is -0.132. The fourth-order valence-corrected chi connectivity index (χ4v) is 4.66. The first-order valence-electron chi connectivity index (χ1n) is 10.5. The number of nitrogens with zero attached hydrogens (tertiary/aromatic N) is 1. The maximum atomic E-state index is 13.0. The first-order chi connectivity index (χ1) is 14.6. The number of hydrogen-bond donors (Lipinski definition) is 3. The van der Waals surface area contributed by atoms with Gasteiger partial charge in [-0.2, -0.15) is 0 Å². The van der Waals surface area contributed by atoms with Crippen LogP contribution in [0.4, 0.5) is 5.69 Å². The van der Waals surface area contributed by atoms with Crippen molar-refractivity contribution in [3.05, 3.63) is 59.2 Å². The first kappa shape index (κ1) is 19.1. The second-order valence-electron chi connectivity index (χ2n) is 8.42. The maximum absolute atomic E-state index is 13.0. The summed E-state index contributed by atoms with van der Waals surface area (Å²) in [6, 6.07) is 14.7. The Balaban J connectivity index is 1.27. The number of carbonyl (C=O) groups excluding carboxylic acids is 2. The Morgan fingerprint density at radius 2 is 2.00 bits per heavy atom. The summed E-state index contributed by atoms with van der Waals surface area (Å²) in [5.74, 6) is 0.930. The molecular formula is C23H26N4O3. The normalized spacial score (nSPS) is 25.2. The second-order valence-corrected chi connectivity index (χ2v) is 8.42. The molecule has 3 aliphatic heterocycles. The van der Waals surface area contributed by atoms with Crippen LogP contribution in [0.1, 0.15) is 29.2 Å². The predicted molar refractivity (Wildman–Crippen MR) is 113 cm³/mol. The van der Waals surface area contributed by atoms with Crippen LogP contribution in [-0.2, 0) is 16.0 Å². The van der Waals surface area contributed by atoms with Crippen molar-refractivity contribution in [2.75, 3.05) is 25.0 Å². The van der Waals surface area contributed by atoms with Gasteiger partial charge in [-0.1, -0.05) is 35.9 Å². The highest BCUT2D eigenvalue weighted by Crippen LogP contribution is 2.34. The van der Waals surface area contributed by atoms with E-state index in [2.05, 4.69) is 47.4 Å². The lowest BCUT2D eigenvalue weighted by Gasteiger charge is -2.36. The first-order valence-corrected chi connectivity index (χ1v) is 10.5. The van der Waals surface area contributed by atoms with E-state index in [1.54, 1.807) is 0 Å². The van der Waals surface area contributed by atoms with Gasteiger partial charge in [0.1, 0.15) is 5.75 Å². The van der Waals surface area contributed by atoms with Gasteiger partial charge < -0.3 is 15.0 Å². The van der Waals surface area contributed by atoms with Crippen molar-refractivity contribution in [2.45, 2.75) is 31.8 Å². The van der Waals surface area contributed by atoms with E-state index in [1.807, 2.05) is 23.1 Å². The molecule has 2 amide bonds. The van der Waals surface area contributed by atoms with Gasteiger partial charge in [0.15, 0.2) is 6.61 Å². The van der Waals surface area contributed by atoms with Gasteiger partial charge in [-0.25, -0.2) is 5.43 Å². The molecule has 2 aromatic rings. The van der Waals surface area contributed by atoms with Crippen LogP contribution < -0.4 is 20.9 Å². The van der Waals surface area contributed by atoms with Gasteiger partial charge in [-0.3, -0.25) is 15.0 Å². The van der Waals surface area contributed by atoms with Gasteiger partial charge >= 0.3 is 0 Å². The molecule has 0 aromatic heterocycles. The molecule has 7 nitrogen and oxygen atoms in total. The lowest BCUT2D eigenvalue weighted by Crippen LogP contribution is -2.48. The summed E-state index contributed by atoms with van der Waals surface area (Å²) in [5, 5.41) is 2.81. The monoisotopic (exact) mass is 406 g/mol. The highest BCUT2D eigenvalue weighted by molar-refractivity contribution is 5.95. The van der Waals surface area contributed by atoms with E-state index in [0.29, 0.717) is 29.8 Å². The molecule has 0 radical (unpaired) electrons. The third kappa shape index (κ3) is 3.66. The van der Waals surface area contributed by atoms with E-state index in [1.165, 1.54) is 11.1 Å². The molecule has 3 heterocycles. The van der Waals surface area contributed by atoms with Crippen molar-refractivity contribution in [3.63, 3.8) is 0 Å². The van der Waals surface area contributed by atoms with Crippen molar-refractivity contribution in [2.24, 2.45) is 5.92 Å². The molecule has 2 saturated heterocycles. The van der Waals surface area contributed by atoms with Crippen LogP contribution in [0.25, 0.3) is 0 Å². The number of hydrazine groups is 1. The van der Waals surface area contributed by atoms with Crippen molar-refractivity contribution in [1.82, 2.24) is 15.8 Å². The molecule has 3 unspecified atom stereocenters. The zero-order valence-electron chi connectivity index (χ0n) is 17.0. The van der Waals surface area contributed by atoms with Gasteiger partial charge in [0, 0.05) is 25.0 Å². The Morgan fingerprint density at radius 3 is 2.83 bits per heavy atom. The molecular weight excluding hydrogens is 380 g/mol. The number of benzene rings is 2. The van der Waals surface area contributed by atoms with Gasteiger partial charge in [-0.15, -0.1) is 0 Å². The molecule has 3 aliphatic rings. The molecule has 3 atom stereocenters. The topological polar surface area (TPSA) is 82.7 Å². The summed E-state index contributed by atoms with van der Waals surface area (Å²) in [6.07, 6.45) is 1.25. The van der Waals surface area contributed by atoms with Gasteiger partial charge in [0.05, 0.1) is 18.2 Å². The SMILES string of the molecule is Cc1ccc(C2NNC3CCN(C(=O)Cc4ccc5c(c4)NC(=O)CO5)CC32)cc1. The smallest absolute Gasteiger partial charge is 0.262 e. The van der Waals surface area contributed by atoms with Crippen molar-refractivity contribution < 1.29 is 14.3 Å². The van der Waals surface area contributed by atoms with Crippen LogP contribution in [0.15, 0.2) is 42.5 Å². The fourth-order valence-electron chi connectivity index (χ4n) is 4.66. The average Bonchev–Trinajstić information content (AvgIpc) is 3.17. The number of aryl methyl sites for hydroxylation is 1. The molecule has 2 fully saturated rings. The van der Waals surface area contributed by atoms with Crippen molar-refractivity contribution in [1.29, 1.82) is 0 Å². The maximum Gasteiger partial charge on any atom is 0.262 e. The largest absolute Gasteiger partial charge is 0.482 e. The molecule has 7 heteroatoms. The van der Waals surface area contributed by atoms with Crippen LogP contribution in [0.3, 0.4) is 0 Å². The number of likely N-dealkylation sites (tertiary alicyclic amines) is 1. The average molecular weight is 406 g/mol. The summed E-state index contributed by atoms with van der Waals surface area (Å²) in [7, 11) is 0. The second kappa shape index (κ2) is 7.74. The number of ether oxygens (including phenoxy) is 1. The number of fused-ring (bicyclic) bond motifs is 2. The van der Waals surface area contributed by atoms with Crippen LogP contribution in [-0.4, -0.2) is 42.5 Å². The Bertz CT molecular complexity index is 975. The van der Waals surface area contributed by atoms with Crippen molar-refractivity contribution >= 4 is 17.5 Å². The van der Waals surface area contributed by atoms with E-state index < -0.39 is 0 Å². The highest BCUT2D eigenvalue weighted by Gasteiger charge is 2.41. The van der Waals surface area contributed by atoms with Crippen LogP contribution in [0.5, 0.6) is 5.75 Å². The van der Waals surface area contributed by atoms with Gasteiger partial charge in [0.25, 0.3) is 5.91 Å². The third-order valence-corrected chi connectivity index (χ3v) is 6.33. The summed E-state index contributed by atoms with van der Waals surface area (Å²) >= 11 is 0. The summed E-state index contributed by atoms with van der Waals surface area (Å²) in [5.41, 5.74) is 10.9. The number of rotatable bonds is 3. The number of anilines is 1. The minimum absolute atomic E-state index is 0.0336. The van der Waals surface area contributed by atoms with Gasteiger partial charge in [0.2, 0.25) is 5.91 Å². The molecule has 0 aliphatic carbocycles. The molecule has 0 bridgehead atoms. The molecule has 0 spiro atoms. The molecule has 2 aromatic carbocycles. The molecule has 5 rings (SSSR count). The zero-order chi connectivity index (χ0) is 20.7. The van der Waals surface area contributed by atoms with E-state index in [9.17, 15) is 9.59 Å². The number of hydrogen-bond acceptors (Lipinski definition) is 5. The van der Waals surface area contributed by atoms with Crippen LogP contribution >= 0.6 is 0 Å². The molecule has 156 valence electrons. The Labute approximate surface area is 175 Å². The number of carbonyl (C=O) groups is 2. The Morgan fingerprint density at radius 1 is 1.17 bits per heavy atom. The minimum atomic E-state index is -0.170. The lowest BCUT2D eigenvalue weighted by atomic mass is 9.84. The van der Waals surface area contributed by atoms with Crippen LogP contribution in [0.2, 0.25) is 0 Å². The summed E-state index contributed by atoms with van der Waals surface area (Å²) in [6.45, 7) is 3.60. The van der Waals surface area contributed by atoms with Crippen LogP contribution in [0, 0.1) is 12.8 Å². The standard InChI is InChI=1S/C23H26N4O3/c1-14-2-5-16(6-3-14)23-17-12-27(9-8-18(17)25-26-23)22(29)11-15-4-7-20-19(10-15)24-21(28)13-30-20/h2-7,10,17-18,23,25-26H,8-9,11-13H2,1H3,(H,24,28). The van der Waals surface area contributed by atoms with E-state index >= 15 is 0 Å². The highest BCUT2D eigenvalue weighted by atomic mass is 16.5. The quantitative estimate of drug-likeness (QED) is 0.726. The number of amides is 2. The summed E-state index contributed by atoms with van der Waals surface area (Å²) < 4.78 is 5.40. The fraction of sp³-hybridized carbons (Fsp3) is 0.391. The molecule has 3 N–H and O–H groups in total. The zero-order valence-corrected chi connectivity index (χ0v) is 17.0. The van der Waals surface area contributed by atoms with E-state index in [0.717, 1.165) is 25.1 Å². The predicted octanol–water partition coefficient (Wildman–Crippen LogP) is 1.93. The molecule has 0 saturated carbocycles. The Hall–Kier alpha value is -2.90. The van der Waals surface area contributed by atoms with E-state index in [4.69, 9.17) is 4.74 Å². The third-order valence-electron chi connectivity index (χ3n) is 6.33. The summed E-state index contributed by atoms with van der Waals surface area (Å²) in [4.78, 5) is 26.6. The number of piperidine rings is 1. The van der Waals surface area contributed by atoms with Gasteiger partial charge in [-0.05, 0) is 36.6 Å². The number of nitrogens with one attached hydrogen (secondary N) is 3. The van der Waals surface area contributed by atoms with E-state index in [-0.39, 0.29) is 24.5 Å². The Kier molecular flexibility index (Phi) is 4.92.